The van der Waals surface area contributed by atoms with Crippen LogP contribution < -0.4 is 5.32 Å². The lowest BCUT2D eigenvalue weighted by molar-refractivity contribution is -0.385. The Morgan fingerprint density at radius 2 is 1.72 bits per heavy atom. The first kappa shape index (κ1) is 20.3. The van der Waals surface area contributed by atoms with Crippen LogP contribution in [0.1, 0.15) is 24.0 Å². The quantitative estimate of drug-likeness (QED) is 0.463. The predicted molar refractivity (Wildman–Crippen MR) is 110 cm³/mol. The number of amides is 2. The summed E-state index contributed by atoms with van der Waals surface area (Å²) in [7, 11) is 0. The molecule has 7 nitrogen and oxygen atoms in total. The maximum absolute atomic E-state index is 12.4. The molecule has 0 saturated carbocycles. The average molecular weight is 393 g/mol. The summed E-state index contributed by atoms with van der Waals surface area (Å²) in [5.41, 5.74) is 1.40. The number of rotatable bonds is 6. The van der Waals surface area contributed by atoms with Crippen molar-refractivity contribution in [2.24, 2.45) is 5.92 Å². The van der Waals surface area contributed by atoms with Gasteiger partial charge in [-0.3, -0.25) is 19.7 Å². The van der Waals surface area contributed by atoms with E-state index in [1.165, 1.54) is 18.2 Å². The number of nitrogens with zero attached hydrogens (tertiary/aromatic N) is 2. The molecule has 7 heteroatoms. The van der Waals surface area contributed by atoms with Gasteiger partial charge in [-0.05, 0) is 30.5 Å². The third-order valence-corrected chi connectivity index (χ3v) is 5.03. The number of likely N-dealkylation sites (tertiary alicyclic amines) is 1. The summed E-state index contributed by atoms with van der Waals surface area (Å²) in [6.45, 7) is 1.48. The summed E-state index contributed by atoms with van der Waals surface area (Å²) in [5.74, 6) is -0.301. The first-order valence-corrected chi connectivity index (χ1v) is 9.56. The predicted octanol–water partition coefficient (Wildman–Crippen LogP) is 3.16. The largest absolute Gasteiger partial charge is 0.352 e. The molecule has 0 aliphatic carbocycles. The molecule has 0 bridgehead atoms. The average Bonchev–Trinajstić information content (AvgIpc) is 2.76. The highest BCUT2D eigenvalue weighted by Crippen LogP contribution is 2.21. The Bertz CT molecular complexity index is 903. The van der Waals surface area contributed by atoms with Crippen molar-refractivity contribution < 1.29 is 14.5 Å². The van der Waals surface area contributed by atoms with Crippen molar-refractivity contribution in [3.8, 4) is 0 Å². The molecule has 0 unspecified atom stereocenters. The van der Waals surface area contributed by atoms with Gasteiger partial charge in [0, 0.05) is 37.7 Å². The van der Waals surface area contributed by atoms with Crippen LogP contribution in [0.2, 0.25) is 0 Å². The topological polar surface area (TPSA) is 92.6 Å². The van der Waals surface area contributed by atoms with Gasteiger partial charge in [0.15, 0.2) is 0 Å². The highest BCUT2D eigenvalue weighted by Gasteiger charge is 2.26. The lowest BCUT2D eigenvalue weighted by atomic mass is 9.95. The number of nitro benzene ring substituents is 1. The summed E-state index contributed by atoms with van der Waals surface area (Å²) < 4.78 is 0. The Kier molecular flexibility index (Phi) is 6.73. The second-order valence-corrected chi connectivity index (χ2v) is 6.95. The van der Waals surface area contributed by atoms with Crippen molar-refractivity contribution in [3.05, 3.63) is 81.9 Å². The fourth-order valence-electron chi connectivity index (χ4n) is 3.35. The number of hydrogen-bond acceptors (Lipinski definition) is 4. The Morgan fingerprint density at radius 1 is 1.07 bits per heavy atom. The van der Waals surface area contributed by atoms with Gasteiger partial charge in [-0.1, -0.05) is 42.5 Å². The number of piperidine rings is 1. The first-order chi connectivity index (χ1) is 14.0. The fourth-order valence-corrected chi connectivity index (χ4v) is 3.35. The summed E-state index contributed by atoms with van der Waals surface area (Å²) >= 11 is 0. The van der Waals surface area contributed by atoms with Crippen LogP contribution in [0.15, 0.2) is 60.7 Å². The first-order valence-electron chi connectivity index (χ1n) is 9.56. The molecule has 1 heterocycles. The summed E-state index contributed by atoms with van der Waals surface area (Å²) in [6, 6.07) is 16.0. The van der Waals surface area contributed by atoms with E-state index >= 15 is 0 Å². The van der Waals surface area contributed by atoms with E-state index in [4.69, 9.17) is 0 Å². The lowest BCUT2D eigenvalue weighted by Crippen LogP contribution is -2.42. The zero-order valence-electron chi connectivity index (χ0n) is 16.0. The molecule has 0 atom stereocenters. The second kappa shape index (κ2) is 9.64. The normalized spacial score (nSPS) is 14.7. The van der Waals surface area contributed by atoms with Gasteiger partial charge in [-0.25, -0.2) is 0 Å². The van der Waals surface area contributed by atoms with E-state index in [2.05, 4.69) is 5.32 Å². The standard InChI is InChI=1S/C22H23N3O4/c26-21(11-10-18-8-4-5-9-20(18)25(28)29)24-14-12-19(13-15-24)22(27)23-16-17-6-2-1-3-7-17/h1-11,19H,12-16H2,(H,23,27)/b11-10+. The van der Waals surface area contributed by atoms with E-state index in [1.807, 2.05) is 30.3 Å². The third-order valence-electron chi connectivity index (χ3n) is 5.03. The fraction of sp³-hybridized carbons (Fsp3) is 0.273. The van der Waals surface area contributed by atoms with Crippen molar-refractivity contribution >= 4 is 23.6 Å². The molecule has 1 aliphatic heterocycles. The van der Waals surface area contributed by atoms with Gasteiger partial charge in [-0.2, -0.15) is 0 Å². The lowest BCUT2D eigenvalue weighted by Gasteiger charge is -2.30. The molecule has 1 saturated heterocycles. The highest BCUT2D eigenvalue weighted by atomic mass is 16.6. The number of para-hydroxylation sites is 1. The van der Waals surface area contributed by atoms with E-state index in [9.17, 15) is 19.7 Å². The molecule has 3 rings (SSSR count). The zero-order chi connectivity index (χ0) is 20.6. The molecule has 1 fully saturated rings. The Morgan fingerprint density at radius 3 is 2.41 bits per heavy atom. The van der Waals surface area contributed by atoms with Crippen LogP contribution in [0.4, 0.5) is 5.69 Å². The zero-order valence-corrected chi connectivity index (χ0v) is 16.0. The van der Waals surface area contributed by atoms with E-state index < -0.39 is 4.92 Å². The minimum atomic E-state index is -0.469. The van der Waals surface area contributed by atoms with Crippen molar-refractivity contribution in [1.82, 2.24) is 10.2 Å². The summed E-state index contributed by atoms with van der Waals surface area (Å²) in [6.07, 6.45) is 4.04. The molecule has 2 aromatic rings. The number of nitrogens with one attached hydrogen (secondary N) is 1. The van der Waals surface area contributed by atoms with Crippen LogP contribution in [0, 0.1) is 16.0 Å². The van der Waals surface area contributed by atoms with Crippen molar-refractivity contribution in [1.29, 1.82) is 0 Å². The van der Waals surface area contributed by atoms with Crippen LogP contribution in [-0.4, -0.2) is 34.7 Å². The van der Waals surface area contributed by atoms with E-state index in [1.54, 1.807) is 23.1 Å². The monoisotopic (exact) mass is 393 g/mol. The Balaban J connectivity index is 1.49. The summed E-state index contributed by atoms with van der Waals surface area (Å²) in [4.78, 5) is 37.0. The third kappa shape index (κ3) is 5.51. The summed E-state index contributed by atoms with van der Waals surface area (Å²) in [5, 5.41) is 14.0. The molecule has 2 aromatic carbocycles. The van der Waals surface area contributed by atoms with Gasteiger partial charge in [-0.15, -0.1) is 0 Å². The highest BCUT2D eigenvalue weighted by molar-refractivity contribution is 5.92. The van der Waals surface area contributed by atoms with Crippen LogP contribution in [0.5, 0.6) is 0 Å². The Labute approximate surface area is 169 Å². The SMILES string of the molecule is O=C(NCc1ccccc1)C1CCN(C(=O)/C=C/c2ccccc2[N+](=O)[O-])CC1. The smallest absolute Gasteiger partial charge is 0.276 e. The van der Waals surface area contributed by atoms with Crippen molar-refractivity contribution in [3.63, 3.8) is 0 Å². The number of carbonyl (C=O) groups excluding carboxylic acids is 2. The van der Waals surface area contributed by atoms with Crippen LogP contribution in [0.25, 0.3) is 6.08 Å². The molecule has 2 amide bonds. The van der Waals surface area contributed by atoms with Crippen molar-refractivity contribution in [2.45, 2.75) is 19.4 Å². The van der Waals surface area contributed by atoms with Gasteiger partial charge < -0.3 is 10.2 Å². The van der Waals surface area contributed by atoms with Crippen LogP contribution in [0.3, 0.4) is 0 Å². The van der Waals surface area contributed by atoms with Crippen LogP contribution >= 0.6 is 0 Å². The van der Waals surface area contributed by atoms with Gasteiger partial charge in [0.1, 0.15) is 0 Å². The van der Waals surface area contributed by atoms with E-state index in [0.717, 1.165) is 5.56 Å². The molecule has 0 aromatic heterocycles. The maximum atomic E-state index is 12.4. The van der Waals surface area contributed by atoms with Gasteiger partial charge in [0.25, 0.3) is 5.69 Å². The van der Waals surface area contributed by atoms with Crippen molar-refractivity contribution in [2.75, 3.05) is 13.1 Å². The molecule has 0 spiro atoms. The Hall–Kier alpha value is -3.48. The van der Waals surface area contributed by atoms with E-state index in [-0.39, 0.29) is 23.4 Å². The number of nitro groups is 1. The molecule has 0 radical (unpaired) electrons. The molecular weight excluding hydrogens is 370 g/mol. The van der Waals surface area contributed by atoms with Gasteiger partial charge in [0.2, 0.25) is 11.8 Å². The molecule has 29 heavy (non-hydrogen) atoms. The second-order valence-electron chi connectivity index (χ2n) is 6.95. The number of carbonyl (C=O) groups is 2. The molecule has 150 valence electrons. The minimum absolute atomic E-state index is 0.0106. The molecular formula is C22H23N3O4. The molecule has 1 aliphatic rings. The molecule has 1 N–H and O–H groups in total. The van der Waals surface area contributed by atoms with Crippen LogP contribution in [-0.2, 0) is 16.1 Å². The van der Waals surface area contributed by atoms with E-state index in [0.29, 0.717) is 38.0 Å². The number of benzene rings is 2. The number of hydrogen-bond donors (Lipinski definition) is 1. The minimum Gasteiger partial charge on any atom is -0.352 e. The van der Waals surface area contributed by atoms with Gasteiger partial charge >= 0.3 is 0 Å². The van der Waals surface area contributed by atoms with Gasteiger partial charge in [0.05, 0.1) is 10.5 Å². The maximum Gasteiger partial charge on any atom is 0.276 e.